The summed E-state index contributed by atoms with van der Waals surface area (Å²) < 4.78 is 0. The molecule has 0 amide bonds. The Morgan fingerprint density at radius 1 is 0.900 bits per heavy atom. The zero-order valence-electron chi connectivity index (χ0n) is 10.1. The molecule has 0 saturated heterocycles. The molecule has 0 atom stereocenters. The second-order valence-electron chi connectivity index (χ2n) is 3.71. The van der Waals surface area contributed by atoms with Crippen molar-refractivity contribution in [3.8, 4) is 0 Å². The highest BCUT2D eigenvalue weighted by molar-refractivity contribution is 5.85. The molecule has 0 fully saturated rings. The van der Waals surface area contributed by atoms with Gasteiger partial charge in [0.1, 0.15) is 5.69 Å². The minimum absolute atomic E-state index is 0. The minimum Gasteiger partial charge on any atom is -0.350 e. The SMILES string of the molecule is Cl.O=[N+]([O-])c1ccc(Nc2ccccc2)c([N+](=O)[O-])c1. The number of nitrogens with one attached hydrogen (secondary N) is 1. The van der Waals surface area contributed by atoms with Gasteiger partial charge in [-0.25, -0.2) is 0 Å². The summed E-state index contributed by atoms with van der Waals surface area (Å²) >= 11 is 0. The average Bonchev–Trinajstić information content (AvgIpc) is 2.39. The van der Waals surface area contributed by atoms with Crippen molar-refractivity contribution in [2.24, 2.45) is 0 Å². The fraction of sp³-hybridized carbons (Fsp3) is 0. The van der Waals surface area contributed by atoms with E-state index in [0.29, 0.717) is 5.69 Å². The molecule has 104 valence electrons. The van der Waals surface area contributed by atoms with E-state index in [1.54, 1.807) is 24.3 Å². The Balaban J connectivity index is 0.00000200. The molecule has 0 saturated carbocycles. The van der Waals surface area contributed by atoms with Crippen LogP contribution in [0.5, 0.6) is 0 Å². The predicted octanol–water partition coefficient (Wildman–Crippen LogP) is 3.67. The standard InChI is InChI=1S/C12H9N3O4.ClH/c16-14(17)10-6-7-11(12(8-10)15(18)19)13-9-4-2-1-3-5-9;/h1-8,13H;1H. The first kappa shape index (κ1) is 15.4. The summed E-state index contributed by atoms with van der Waals surface area (Å²) in [5, 5.41) is 24.4. The lowest BCUT2D eigenvalue weighted by molar-refractivity contribution is -0.393. The lowest BCUT2D eigenvalue weighted by Gasteiger charge is -2.06. The Hall–Kier alpha value is -2.67. The Bertz CT molecular complexity index is 634. The van der Waals surface area contributed by atoms with Gasteiger partial charge in [-0.2, -0.15) is 0 Å². The van der Waals surface area contributed by atoms with E-state index in [1.165, 1.54) is 12.1 Å². The molecule has 8 heteroatoms. The smallest absolute Gasteiger partial charge is 0.299 e. The van der Waals surface area contributed by atoms with Gasteiger partial charge in [0, 0.05) is 11.8 Å². The maximum atomic E-state index is 10.9. The number of rotatable bonds is 4. The van der Waals surface area contributed by atoms with Crippen molar-refractivity contribution in [3.05, 3.63) is 68.8 Å². The second kappa shape index (κ2) is 6.48. The zero-order valence-corrected chi connectivity index (χ0v) is 10.9. The summed E-state index contributed by atoms with van der Waals surface area (Å²) in [5.74, 6) is 0. The van der Waals surface area contributed by atoms with E-state index < -0.39 is 9.85 Å². The molecule has 20 heavy (non-hydrogen) atoms. The quantitative estimate of drug-likeness (QED) is 0.685. The van der Waals surface area contributed by atoms with Crippen molar-refractivity contribution in [2.75, 3.05) is 5.32 Å². The molecule has 7 nitrogen and oxygen atoms in total. The van der Waals surface area contributed by atoms with Gasteiger partial charge in [0.2, 0.25) is 0 Å². The predicted molar refractivity (Wildman–Crippen MR) is 76.7 cm³/mol. The van der Waals surface area contributed by atoms with Crippen molar-refractivity contribution < 1.29 is 9.85 Å². The van der Waals surface area contributed by atoms with Gasteiger partial charge in [-0.05, 0) is 18.2 Å². The number of para-hydroxylation sites is 1. The molecule has 0 unspecified atom stereocenters. The van der Waals surface area contributed by atoms with E-state index in [9.17, 15) is 20.2 Å². The number of nitro groups is 2. The van der Waals surface area contributed by atoms with Gasteiger partial charge >= 0.3 is 0 Å². The summed E-state index contributed by atoms with van der Waals surface area (Å²) in [6.07, 6.45) is 0. The number of non-ortho nitro benzene ring substituents is 1. The zero-order chi connectivity index (χ0) is 13.8. The summed E-state index contributed by atoms with van der Waals surface area (Å²) in [4.78, 5) is 20.2. The summed E-state index contributed by atoms with van der Waals surface area (Å²) in [7, 11) is 0. The molecular weight excluding hydrogens is 286 g/mol. The van der Waals surface area contributed by atoms with Crippen LogP contribution in [0.4, 0.5) is 22.7 Å². The molecule has 0 aliphatic heterocycles. The van der Waals surface area contributed by atoms with Crippen LogP contribution in [0.25, 0.3) is 0 Å². The lowest BCUT2D eigenvalue weighted by atomic mass is 10.2. The van der Waals surface area contributed by atoms with E-state index in [2.05, 4.69) is 5.32 Å². The highest BCUT2D eigenvalue weighted by atomic mass is 35.5. The molecule has 2 rings (SSSR count). The highest BCUT2D eigenvalue weighted by Crippen LogP contribution is 2.31. The Labute approximate surface area is 119 Å². The van der Waals surface area contributed by atoms with Gasteiger partial charge in [-0.3, -0.25) is 20.2 Å². The van der Waals surface area contributed by atoms with Crippen LogP contribution in [0.2, 0.25) is 0 Å². The summed E-state index contributed by atoms with van der Waals surface area (Å²) in [6.45, 7) is 0. The van der Waals surface area contributed by atoms with Crippen LogP contribution in [-0.2, 0) is 0 Å². The third-order valence-corrected chi connectivity index (χ3v) is 2.44. The fourth-order valence-electron chi connectivity index (χ4n) is 1.57. The van der Waals surface area contributed by atoms with E-state index in [-0.39, 0.29) is 29.5 Å². The van der Waals surface area contributed by atoms with E-state index in [0.717, 1.165) is 6.07 Å². The van der Waals surface area contributed by atoms with E-state index in [4.69, 9.17) is 0 Å². The number of benzene rings is 2. The fourth-order valence-corrected chi connectivity index (χ4v) is 1.57. The van der Waals surface area contributed by atoms with Gasteiger partial charge in [-0.1, -0.05) is 18.2 Å². The molecular formula is C12H10ClN3O4. The van der Waals surface area contributed by atoms with Crippen LogP contribution in [0.1, 0.15) is 0 Å². The summed E-state index contributed by atoms with van der Waals surface area (Å²) in [5.41, 5.74) is 0.226. The number of hydrogen-bond acceptors (Lipinski definition) is 5. The van der Waals surface area contributed by atoms with Crippen LogP contribution >= 0.6 is 12.4 Å². The number of hydrogen-bond donors (Lipinski definition) is 1. The highest BCUT2D eigenvalue weighted by Gasteiger charge is 2.19. The number of nitro benzene ring substituents is 2. The Kier molecular flexibility index (Phi) is 4.99. The van der Waals surface area contributed by atoms with Gasteiger partial charge in [0.05, 0.1) is 15.9 Å². The number of halogens is 1. The van der Waals surface area contributed by atoms with Crippen molar-refractivity contribution in [3.63, 3.8) is 0 Å². The second-order valence-corrected chi connectivity index (χ2v) is 3.71. The van der Waals surface area contributed by atoms with Crippen molar-refractivity contribution in [2.45, 2.75) is 0 Å². The van der Waals surface area contributed by atoms with Crippen LogP contribution in [-0.4, -0.2) is 9.85 Å². The molecule has 0 radical (unpaired) electrons. The van der Waals surface area contributed by atoms with Crippen LogP contribution in [0.15, 0.2) is 48.5 Å². The maximum Gasteiger partial charge on any atom is 0.299 e. The van der Waals surface area contributed by atoms with Crippen molar-refractivity contribution in [1.82, 2.24) is 0 Å². The first-order valence-electron chi connectivity index (χ1n) is 5.33. The molecule has 0 bridgehead atoms. The Morgan fingerprint density at radius 2 is 1.55 bits per heavy atom. The lowest BCUT2D eigenvalue weighted by Crippen LogP contribution is -1.98. The molecule has 0 aromatic heterocycles. The van der Waals surface area contributed by atoms with Crippen LogP contribution in [0.3, 0.4) is 0 Å². The van der Waals surface area contributed by atoms with Crippen molar-refractivity contribution in [1.29, 1.82) is 0 Å². The molecule has 0 spiro atoms. The van der Waals surface area contributed by atoms with Crippen molar-refractivity contribution >= 4 is 35.2 Å². The number of nitrogens with zero attached hydrogens (tertiary/aromatic N) is 2. The molecule has 2 aromatic rings. The molecule has 0 heterocycles. The third kappa shape index (κ3) is 3.42. The Morgan fingerprint density at radius 3 is 2.10 bits per heavy atom. The average molecular weight is 296 g/mol. The van der Waals surface area contributed by atoms with Gasteiger partial charge in [-0.15, -0.1) is 12.4 Å². The first-order valence-corrected chi connectivity index (χ1v) is 5.33. The maximum absolute atomic E-state index is 10.9. The number of anilines is 2. The normalized spacial score (nSPS) is 9.40. The van der Waals surface area contributed by atoms with Gasteiger partial charge in [0.25, 0.3) is 11.4 Å². The summed E-state index contributed by atoms with van der Waals surface area (Å²) in [6, 6.07) is 12.3. The monoisotopic (exact) mass is 295 g/mol. The van der Waals surface area contributed by atoms with E-state index >= 15 is 0 Å². The minimum atomic E-state index is -0.667. The van der Waals surface area contributed by atoms with Crippen LogP contribution < -0.4 is 5.32 Å². The molecule has 2 aromatic carbocycles. The van der Waals surface area contributed by atoms with E-state index in [1.807, 2.05) is 6.07 Å². The molecule has 1 N–H and O–H groups in total. The van der Waals surface area contributed by atoms with Gasteiger partial charge < -0.3 is 5.32 Å². The molecule has 0 aliphatic rings. The first-order chi connectivity index (χ1) is 9.08. The topological polar surface area (TPSA) is 98.3 Å². The van der Waals surface area contributed by atoms with Crippen LogP contribution in [0, 0.1) is 20.2 Å². The van der Waals surface area contributed by atoms with Gasteiger partial charge in [0.15, 0.2) is 0 Å². The molecule has 0 aliphatic carbocycles. The third-order valence-electron chi connectivity index (χ3n) is 2.44. The largest absolute Gasteiger partial charge is 0.350 e.